The molecule has 104 valence electrons. The van der Waals surface area contributed by atoms with Gasteiger partial charge in [-0.15, -0.1) is 0 Å². The number of hydrogen-bond donors (Lipinski definition) is 2. The maximum Gasteiger partial charge on any atom is 0.341 e. The van der Waals surface area contributed by atoms with Crippen molar-refractivity contribution in [3.8, 4) is 5.75 Å². The molecule has 0 aliphatic carbocycles. The van der Waals surface area contributed by atoms with Gasteiger partial charge in [0, 0.05) is 16.3 Å². The van der Waals surface area contributed by atoms with Gasteiger partial charge >= 0.3 is 5.97 Å². The van der Waals surface area contributed by atoms with Gasteiger partial charge in [-0.2, -0.15) is 0 Å². The van der Waals surface area contributed by atoms with E-state index in [-0.39, 0.29) is 23.6 Å². The van der Waals surface area contributed by atoms with E-state index in [0.717, 1.165) is 11.1 Å². The van der Waals surface area contributed by atoms with Crippen LogP contribution in [0, 0.1) is 6.92 Å². The van der Waals surface area contributed by atoms with Gasteiger partial charge in [-0.3, -0.25) is 0 Å². The van der Waals surface area contributed by atoms with Crippen LogP contribution in [0.3, 0.4) is 0 Å². The number of halogens is 1. The zero-order valence-corrected chi connectivity index (χ0v) is 11.6. The molecule has 3 N–H and O–H groups in total. The van der Waals surface area contributed by atoms with Gasteiger partial charge in [-0.05, 0) is 30.7 Å². The summed E-state index contributed by atoms with van der Waals surface area (Å²) in [7, 11) is 0. The predicted octanol–water partition coefficient (Wildman–Crippen LogP) is 3.51. The van der Waals surface area contributed by atoms with E-state index in [1.165, 1.54) is 6.07 Å². The number of rotatable bonds is 4. The second-order valence-corrected chi connectivity index (χ2v) is 4.82. The maximum absolute atomic E-state index is 11.2. The minimum absolute atomic E-state index is 0.0317. The summed E-state index contributed by atoms with van der Waals surface area (Å²) < 4.78 is 5.54. The Morgan fingerprint density at radius 1 is 1.35 bits per heavy atom. The summed E-state index contributed by atoms with van der Waals surface area (Å²) in [5, 5.41) is 9.74. The van der Waals surface area contributed by atoms with Crippen molar-refractivity contribution in [1.82, 2.24) is 0 Å². The van der Waals surface area contributed by atoms with Crippen molar-refractivity contribution in [3.05, 3.63) is 58.1 Å². The number of carboxylic acids is 1. The van der Waals surface area contributed by atoms with Gasteiger partial charge in [0.05, 0.1) is 0 Å². The van der Waals surface area contributed by atoms with E-state index in [9.17, 15) is 4.79 Å². The Morgan fingerprint density at radius 2 is 2.10 bits per heavy atom. The molecule has 0 saturated carbocycles. The van der Waals surface area contributed by atoms with Crippen LogP contribution in [0.4, 0.5) is 5.69 Å². The van der Waals surface area contributed by atoms with Gasteiger partial charge in [-0.1, -0.05) is 29.8 Å². The third-order valence-electron chi connectivity index (χ3n) is 2.86. The molecule has 20 heavy (non-hydrogen) atoms. The summed E-state index contributed by atoms with van der Waals surface area (Å²) in [6, 6.07) is 10.3. The van der Waals surface area contributed by atoms with Crippen LogP contribution in [0.1, 0.15) is 21.5 Å². The highest BCUT2D eigenvalue weighted by Gasteiger charge is 2.15. The first kappa shape index (κ1) is 14.2. The van der Waals surface area contributed by atoms with Crippen molar-refractivity contribution in [2.75, 3.05) is 5.73 Å². The van der Waals surface area contributed by atoms with E-state index in [1.807, 2.05) is 25.1 Å². The number of ether oxygens (including phenoxy) is 1. The molecule has 0 atom stereocenters. The molecule has 0 aliphatic heterocycles. The molecule has 0 saturated heterocycles. The molecule has 0 heterocycles. The number of aromatic carboxylic acids is 1. The Hall–Kier alpha value is -2.20. The largest absolute Gasteiger partial charge is 0.488 e. The lowest BCUT2D eigenvalue weighted by Crippen LogP contribution is -2.07. The number of anilines is 1. The highest BCUT2D eigenvalue weighted by molar-refractivity contribution is 6.31. The highest BCUT2D eigenvalue weighted by Crippen LogP contribution is 2.26. The Labute approximate surface area is 121 Å². The van der Waals surface area contributed by atoms with E-state index in [4.69, 9.17) is 27.2 Å². The molecular weight excluding hydrogens is 278 g/mol. The molecule has 5 heteroatoms. The Morgan fingerprint density at radius 3 is 2.75 bits per heavy atom. The van der Waals surface area contributed by atoms with Crippen molar-refractivity contribution in [1.29, 1.82) is 0 Å². The molecule has 2 aromatic carbocycles. The standard InChI is InChI=1S/C15H14ClNO3/c1-9-5-6-10(11(16)7-9)8-20-13-4-2-3-12(17)14(13)15(18)19/h2-7H,8,17H2,1H3,(H,18,19). The molecule has 0 fully saturated rings. The van der Waals surface area contributed by atoms with Crippen LogP contribution in [0.15, 0.2) is 36.4 Å². The Kier molecular flexibility index (Phi) is 4.15. The lowest BCUT2D eigenvalue weighted by Gasteiger charge is -2.12. The fourth-order valence-electron chi connectivity index (χ4n) is 1.82. The molecule has 2 rings (SSSR count). The van der Waals surface area contributed by atoms with Gasteiger partial charge in [-0.25, -0.2) is 4.79 Å². The molecule has 0 bridgehead atoms. The van der Waals surface area contributed by atoms with Crippen molar-refractivity contribution < 1.29 is 14.6 Å². The Bertz CT molecular complexity index is 656. The number of nitrogen functional groups attached to an aromatic ring is 1. The average Bonchev–Trinajstić information content (AvgIpc) is 2.37. The van der Waals surface area contributed by atoms with E-state index >= 15 is 0 Å². The van der Waals surface area contributed by atoms with Crippen molar-refractivity contribution in [2.24, 2.45) is 0 Å². The molecule has 0 amide bonds. The maximum atomic E-state index is 11.2. The fraction of sp³-hybridized carbons (Fsp3) is 0.133. The summed E-state index contributed by atoms with van der Waals surface area (Å²) in [5.74, 6) is -0.887. The number of hydrogen-bond acceptors (Lipinski definition) is 3. The third kappa shape index (κ3) is 3.03. The fourth-order valence-corrected chi connectivity index (χ4v) is 2.11. The van der Waals surface area contributed by atoms with E-state index in [1.54, 1.807) is 12.1 Å². The van der Waals surface area contributed by atoms with Gasteiger partial charge in [0.15, 0.2) is 0 Å². The molecule has 0 spiro atoms. The quantitative estimate of drug-likeness (QED) is 0.846. The van der Waals surface area contributed by atoms with E-state index < -0.39 is 5.97 Å². The third-order valence-corrected chi connectivity index (χ3v) is 3.22. The second-order valence-electron chi connectivity index (χ2n) is 4.41. The smallest absolute Gasteiger partial charge is 0.341 e. The Balaban J connectivity index is 2.23. The van der Waals surface area contributed by atoms with Crippen LogP contribution in [-0.2, 0) is 6.61 Å². The first-order chi connectivity index (χ1) is 9.49. The van der Waals surface area contributed by atoms with Crippen LogP contribution in [-0.4, -0.2) is 11.1 Å². The molecule has 4 nitrogen and oxygen atoms in total. The van der Waals surface area contributed by atoms with E-state index in [0.29, 0.717) is 5.02 Å². The second kappa shape index (κ2) is 5.84. The number of benzene rings is 2. The number of carbonyl (C=O) groups is 1. The minimum Gasteiger partial charge on any atom is -0.488 e. The monoisotopic (exact) mass is 291 g/mol. The summed E-state index contributed by atoms with van der Waals surface area (Å²) >= 11 is 6.11. The lowest BCUT2D eigenvalue weighted by atomic mass is 10.1. The summed E-state index contributed by atoms with van der Waals surface area (Å²) in [5.41, 5.74) is 7.63. The minimum atomic E-state index is -1.12. The number of aryl methyl sites for hydroxylation is 1. The normalized spacial score (nSPS) is 10.3. The van der Waals surface area contributed by atoms with Crippen LogP contribution in [0.25, 0.3) is 0 Å². The van der Waals surface area contributed by atoms with Crippen molar-refractivity contribution in [2.45, 2.75) is 13.5 Å². The molecule has 2 aromatic rings. The van der Waals surface area contributed by atoms with Crippen LogP contribution in [0.5, 0.6) is 5.75 Å². The highest BCUT2D eigenvalue weighted by atomic mass is 35.5. The first-order valence-electron chi connectivity index (χ1n) is 5.98. The average molecular weight is 292 g/mol. The summed E-state index contributed by atoms with van der Waals surface area (Å²) in [6.07, 6.45) is 0. The SMILES string of the molecule is Cc1ccc(COc2cccc(N)c2C(=O)O)c(Cl)c1. The van der Waals surface area contributed by atoms with Crippen molar-refractivity contribution >= 4 is 23.3 Å². The molecule has 0 aliphatic rings. The molecule has 0 aromatic heterocycles. The van der Waals surface area contributed by atoms with Crippen LogP contribution in [0.2, 0.25) is 5.02 Å². The van der Waals surface area contributed by atoms with Gasteiger partial charge < -0.3 is 15.6 Å². The van der Waals surface area contributed by atoms with Gasteiger partial charge in [0.25, 0.3) is 0 Å². The van der Waals surface area contributed by atoms with E-state index in [2.05, 4.69) is 0 Å². The molecular formula is C15H14ClNO3. The van der Waals surface area contributed by atoms with Gasteiger partial charge in [0.2, 0.25) is 0 Å². The first-order valence-corrected chi connectivity index (χ1v) is 6.36. The summed E-state index contributed by atoms with van der Waals surface area (Å²) in [6.45, 7) is 2.12. The predicted molar refractivity (Wildman–Crippen MR) is 78.3 cm³/mol. The number of carboxylic acid groups (broad SMARTS) is 1. The van der Waals surface area contributed by atoms with Crippen molar-refractivity contribution in [3.63, 3.8) is 0 Å². The molecule has 0 unspecified atom stereocenters. The zero-order valence-electron chi connectivity index (χ0n) is 10.9. The molecule has 0 radical (unpaired) electrons. The number of nitrogens with two attached hydrogens (primary N) is 1. The lowest BCUT2D eigenvalue weighted by molar-refractivity contribution is 0.0693. The topological polar surface area (TPSA) is 72.5 Å². The summed E-state index contributed by atoms with van der Waals surface area (Å²) in [4.78, 5) is 11.2. The van der Waals surface area contributed by atoms with Crippen LogP contribution >= 0.6 is 11.6 Å². The van der Waals surface area contributed by atoms with Crippen LogP contribution < -0.4 is 10.5 Å². The van der Waals surface area contributed by atoms with Gasteiger partial charge in [0.1, 0.15) is 17.9 Å². The zero-order chi connectivity index (χ0) is 14.7.